The molecule has 21 heavy (non-hydrogen) atoms. The van der Waals surface area contributed by atoms with Crippen molar-refractivity contribution in [3.8, 4) is 0 Å². The zero-order valence-electron chi connectivity index (χ0n) is 13.6. The second kappa shape index (κ2) is 8.49. The van der Waals surface area contributed by atoms with Gasteiger partial charge in [0.2, 0.25) is 11.7 Å². The fraction of sp³-hybridized carbons (Fsp3) is 0.875. The maximum Gasteiger partial charge on any atom is 0.228 e. The van der Waals surface area contributed by atoms with Gasteiger partial charge in [0.1, 0.15) is 6.10 Å². The summed E-state index contributed by atoms with van der Waals surface area (Å²) >= 11 is 0. The van der Waals surface area contributed by atoms with Gasteiger partial charge in [-0.2, -0.15) is 4.98 Å². The number of hydrogen-bond acceptors (Lipinski definition) is 5. The third-order valence-electron chi connectivity index (χ3n) is 4.44. The summed E-state index contributed by atoms with van der Waals surface area (Å²) < 4.78 is 10.9. The van der Waals surface area contributed by atoms with E-state index in [1.807, 2.05) is 0 Å². The highest BCUT2D eigenvalue weighted by Gasteiger charge is 2.27. The number of methoxy groups -OCH3 is 1. The van der Waals surface area contributed by atoms with E-state index in [2.05, 4.69) is 29.3 Å². The van der Waals surface area contributed by atoms with Crippen molar-refractivity contribution >= 4 is 0 Å². The van der Waals surface area contributed by atoms with E-state index in [4.69, 9.17) is 9.26 Å². The Kier molecular flexibility index (Phi) is 6.64. The lowest BCUT2D eigenvalue weighted by molar-refractivity contribution is 0.0854. The smallest absolute Gasteiger partial charge is 0.228 e. The van der Waals surface area contributed by atoms with Gasteiger partial charge in [-0.15, -0.1) is 0 Å². The van der Waals surface area contributed by atoms with Crippen LogP contribution < -0.4 is 5.32 Å². The molecule has 5 heteroatoms. The summed E-state index contributed by atoms with van der Waals surface area (Å²) in [5.41, 5.74) is 0. The topological polar surface area (TPSA) is 60.2 Å². The molecule has 1 heterocycles. The number of hydrogen-bond donors (Lipinski definition) is 1. The lowest BCUT2D eigenvalue weighted by Crippen LogP contribution is -2.37. The lowest BCUT2D eigenvalue weighted by Gasteiger charge is -2.22. The minimum atomic E-state index is -0.0448. The van der Waals surface area contributed by atoms with E-state index in [-0.39, 0.29) is 6.10 Å². The quantitative estimate of drug-likeness (QED) is 0.757. The molecule has 5 nitrogen and oxygen atoms in total. The van der Waals surface area contributed by atoms with Crippen molar-refractivity contribution in [2.45, 2.75) is 70.9 Å². The maximum absolute atomic E-state index is 5.45. The molecule has 0 saturated heterocycles. The molecule has 1 saturated carbocycles. The Morgan fingerprint density at radius 3 is 2.71 bits per heavy atom. The number of ether oxygens (including phenoxy) is 1. The molecule has 1 aromatic rings. The monoisotopic (exact) mass is 295 g/mol. The highest BCUT2D eigenvalue weighted by atomic mass is 16.5. The molecule has 2 atom stereocenters. The Balaban J connectivity index is 1.98. The predicted molar refractivity (Wildman–Crippen MR) is 82.1 cm³/mol. The fourth-order valence-electron chi connectivity index (χ4n) is 3.31. The number of nitrogens with one attached hydrogen (secondary N) is 1. The molecule has 1 N–H and O–H groups in total. The summed E-state index contributed by atoms with van der Waals surface area (Å²) in [6.45, 7) is 5.27. The first-order valence-electron chi connectivity index (χ1n) is 8.37. The van der Waals surface area contributed by atoms with Crippen LogP contribution in [0.2, 0.25) is 0 Å². The summed E-state index contributed by atoms with van der Waals surface area (Å²) in [5, 5.41) is 7.70. The number of likely N-dealkylation sites (N-methyl/N-ethyl adjacent to an activating group) is 1. The van der Waals surface area contributed by atoms with E-state index in [9.17, 15) is 0 Å². The van der Waals surface area contributed by atoms with Crippen LogP contribution in [0.25, 0.3) is 0 Å². The molecule has 1 aliphatic rings. The van der Waals surface area contributed by atoms with E-state index in [1.165, 1.54) is 25.7 Å². The summed E-state index contributed by atoms with van der Waals surface area (Å²) in [6.07, 6.45) is 8.09. The van der Waals surface area contributed by atoms with Gasteiger partial charge in [-0.3, -0.25) is 0 Å². The molecule has 2 unspecified atom stereocenters. The summed E-state index contributed by atoms with van der Waals surface area (Å²) in [4.78, 5) is 4.55. The molecular weight excluding hydrogens is 266 g/mol. The van der Waals surface area contributed by atoms with Crippen molar-refractivity contribution in [3.05, 3.63) is 11.7 Å². The van der Waals surface area contributed by atoms with Crippen LogP contribution in [0, 0.1) is 5.92 Å². The van der Waals surface area contributed by atoms with E-state index >= 15 is 0 Å². The van der Waals surface area contributed by atoms with Gasteiger partial charge in [0.25, 0.3) is 0 Å². The zero-order chi connectivity index (χ0) is 15.1. The molecule has 0 aliphatic heterocycles. The van der Waals surface area contributed by atoms with Crippen molar-refractivity contribution < 1.29 is 9.26 Å². The Labute approximate surface area is 127 Å². The molecule has 0 spiro atoms. The van der Waals surface area contributed by atoms with Crippen molar-refractivity contribution in [1.29, 1.82) is 0 Å². The van der Waals surface area contributed by atoms with E-state index in [0.29, 0.717) is 11.9 Å². The Morgan fingerprint density at radius 2 is 2.10 bits per heavy atom. The molecule has 0 amide bonds. The Hall–Kier alpha value is -0.940. The van der Waals surface area contributed by atoms with Crippen LogP contribution in [0.15, 0.2) is 4.52 Å². The molecule has 0 bridgehead atoms. The first kappa shape index (κ1) is 16.4. The summed E-state index contributed by atoms with van der Waals surface area (Å²) in [6, 6.07) is 0.456. The Morgan fingerprint density at radius 1 is 1.33 bits per heavy atom. The first-order chi connectivity index (χ1) is 10.3. The summed E-state index contributed by atoms with van der Waals surface area (Å²) in [5.74, 6) is 2.17. The van der Waals surface area contributed by atoms with Gasteiger partial charge in [0, 0.05) is 19.6 Å². The largest absolute Gasteiger partial charge is 0.373 e. The van der Waals surface area contributed by atoms with Gasteiger partial charge in [-0.05, 0) is 31.7 Å². The average molecular weight is 295 g/mol. The lowest BCUT2D eigenvalue weighted by atomic mass is 9.95. The van der Waals surface area contributed by atoms with E-state index in [0.717, 1.165) is 37.6 Å². The number of nitrogens with zero attached hydrogens (tertiary/aromatic N) is 2. The highest BCUT2D eigenvalue weighted by molar-refractivity contribution is 4.95. The van der Waals surface area contributed by atoms with Crippen LogP contribution in [0.1, 0.15) is 70.2 Å². The first-order valence-corrected chi connectivity index (χ1v) is 8.37. The van der Waals surface area contributed by atoms with Crippen molar-refractivity contribution in [3.63, 3.8) is 0 Å². The minimum absolute atomic E-state index is 0.0448. The second-order valence-electron chi connectivity index (χ2n) is 5.97. The minimum Gasteiger partial charge on any atom is -0.373 e. The molecule has 2 rings (SSSR count). The molecule has 0 aromatic carbocycles. The zero-order valence-corrected chi connectivity index (χ0v) is 13.6. The molecule has 1 fully saturated rings. The molecular formula is C16H29N3O2. The molecule has 0 radical (unpaired) electrons. The maximum atomic E-state index is 5.45. The highest BCUT2D eigenvalue weighted by Crippen LogP contribution is 2.29. The third-order valence-corrected chi connectivity index (χ3v) is 4.44. The molecule has 1 aromatic heterocycles. The van der Waals surface area contributed by atoms with Crippen LogP contribution in [-0.2, 0) is 11.2 Å². The second-order valence-corrected chi connectivity index (χ2v) is 5.97. The van der Waals surface area contributed by atoms with Gasteiger partial charge >= 0.3 is 0 Å². The van der Waals surface area contributed by atoms with Gasteiger partial charge in [0.05, 0.1) is 0 Å². The van der Waals surface area contributed by atoms with E-state index < -0.39 is 0 Å². The standard InChI is InChI=1S/C16H29N3O2/c1-4-8-14(20-3)16-18-15(21-19-16)11-13(17-5-2)12-9-6-7-10-12/h12-14,17H,4-11H2,1-3H3. The third kappa shape index (κ3) is 4.51. The Bertz CT molecular complexity index is 402. The van der Waals surface area contributed by atoms with Crippen LogP contribution in [0.4, 0.5) is 0 Å². The van der Waals surface area contributed by atoms with Gasteiger partial charge < -0.3 is 14.6 Å². The number of rotatable bonds is 9. The normalized spacial score (nSPS) is 19.0. The van der Waals surface area contributed by atoms with Gasteiger partial charge in [-0.25, -0.2) is 0 Å². The van der Waals surface area contributed by atoms with Crippen molar-refractivity contribution in [2.24, 2.45) is 5.92 Å². The van der Waals surface area contributed by atoms with Gasteiger partial charge in [0.15, 0.2) is 0 Å². The van der Waals surface area contributed by atoms with Crippen LogP contribution in [0.5, 0.6) is 0 Å². The van der Waals surface area contributed by atoms with E-state index in [1.54, 1.807) is 7.11 Å². The average Bonchev–Trinajstić information content (AvgIpc) is 3.15. The predicted octanol–water partition coefficient (Wildman–Crippen LogP) is 3.27. The number of aromatic nitrogens is 2. The van der Waals surface area contributed by atoms with Crippen LogP contribution in [0.3, 0.4) is 0 Å². The molecule has 120 valence electrons. The van der Waals surface area contributed by atoms with Gasteiger partial charge in [-0.1, -0.05) is 38.3 Å². The fourth-order valence-corrected chi connectivity index (χ4v) is 3.31. The van der Waals surface area contributed by atoms with Crippen LogP contribution >= 0.6 is 0 Å². The summed E-state index contributed by atoms with van der Waals surface area (Å²) in [7, 11) is 1.70. The van der Waals surface area contributed by atoms with Crippen molar-refractivity contribution in [2.75, 3.05) is 13.7 Å². The molecule has 1 aliphatic carbocycles. The SMILES string of the molecule is CCCC(OC)c1noc(CC(NCC)C2CCCC2)n1. The van der Waals surface area contributed by atoms with Crippen LogP contribution in [-0.4, -0.2) is 29.8 Å². The van der Waals surface area contributed by atoms with Crippen molar-refractivity contribution in [1.82, 2.24) is 15.5 Å².